The number of thiophene rings is 1. The van der Waals surface area contributed by atoms with E-state index in [0.29, 0.717) is 48.0 Å². The highest BCUT2D eigenvalue weighted by atomic mass is 35.5. The summed E-state index contributed by atoms with van der Waals surface area (Å²) >= 11 is 1.47. The number of carboxylic acid groups (broad SMARTS) is 2. The Hall–Kier alpha value is -5.04. The Morgan fingerprint density at radius 2 is 1.43 bits per heavy atom. The Labute approximate surface area is 338 Å². The Kier molecular flexibility index (Phi) is 16.2. The number of nitrogens with one attached hydrogen (secondary N) is 2. The lowest BCUT2D eigenvalue weighted by molar-refractivity contribution is -0.141. The van der Waals surface area contributed by atoms with Crippen molar-refractivity contribution in [3.8, 4) is 0 Å². The average Bonchev–Trinajstić information content (AvgIpc) is 3.54. The highest BCUT2D eigenvalue weighted by Crippen LogP contribution is 2.39. The van der Waals surface area contributed by atoms with E-state index >= 15 is 0 Å². The first kappa shape index (κ1) is 43.7. The lowest BCUT2D eigenvalue weighted by atomic mass is 9.95. The molecule has 0 saturated heterocycles. The quantitative estimate of drug-likeness (QED) is 0.0790. The van der Waals surface area contributed by atoms with Crippen LogP contribution in [0.3, 0.4) is 0 Å². The molecule has 4 N–H and O–H groups in total. The predicted octanol–water partition coefficient (Wildman–Crippen LogP) is 7.96. The third-order valence-electron chi connectivity index (χ3n) is 9.99. The van der Waals surface area contributed by atoms with Crippen LogP contribution in [0.25, 0.3) is 0 Å². The van der Waals surface area contributed by atoms with Crippen LogP contribution in [0.1, 0.15) is 105 Å². The number of aliphatic carboxylic acids is 1. The first-order chi connectivity index (χ1) is 26.4. The molecule has 11 nitrogen and oxygen atoms in total. The molecule has 0 unspecified atom stereocenters. The number of carboxylic acids is 2. The number of hydrogen-bond acceptors (Lipinski definition) is 7. The normalized spacial score (nSPS) is 12.1. The Bertz CT molecular complexity index is 2000. The van der Waals surface area contributed by atoms with E-state index in [9.17, 15) is 24.0 Å². The summed E-state index contributed by atoms with van der Waals surface area (Å²) in [6.45, 7) is 8.14. The molecule has 1 aliphatic carbocycles. The predicted molar refractivity (Wildman–Crippen MR) is 222 cm³/mol. The third-order valence-corrected chi connectivity index (χ3v) is 11.2. The molecule has 0 bridgehead atoms. The summed E-state index contributed by atoms with van der Waals surface area (Å²) in [5.74, 6) is -2.67. The lowest BCUT2D eigenvalue weighted by Gasteiger charge is -2.30. The smallest absolute Gasteiger partial charge is 0.335 e. The molecule has 3 aromatic carbocycles. The fourth-order valence-corrected chi connectivity index (χ4v) is 8.05. The third kappa shape index (κ3) is 12.0. The number of aromatic carboxylic acids is 1. The van der Waals surface area contributed by atoms with E-state index in [1.54, 1.807) is 23.1 Å². The monoisotopic (exact) mass is 802 g/mol. The van der Waals surface area contributed by atoms with E-state index in [2.05, 4.69) is 29.4 Å². The SMILES string of the molecule is CCN(CCN(Cc1cccc(C(=O)Nc2sc3c(c2C(=O)Nc2ccc(CCc4ccc(C(=O)O)cc4)cc2)CCCC3)c1)C(C)C)C(=O)CCC(=O)O.Cl. The molecule has 13 heteroatoms. The van der Waals surface area contributed by atoms with Gasteiger partial charge in [0.2, 0.25) is 5.91 Å². The highest BCUT2D eigenvalue weighted by molar-refractivity contribution is 7.17. The van der Waals surface area contributed by atoms with Gasteiger partial charge in [0.05, 0.1) is 17.5 Å². The molecule has 1 aliphatic rings. The zero-order valence-corrected chi connectivity index (χ0v) is 33.8. The lowest BCUT2D eigenvalue weighted by Crippen LogP contribution is -2.41. The van der Waals surface area contributed by atoms with Crippen molar-refractivity contribution in [2.24, 2.45) is 0 Å². The van der Waals surface area contributed by atoms with Crippen molar-refractivity contribution in [3.63, 3.8) is 0 Å². The number of nitrogens with zero attached hydrogens (tertiary/aromatic N) is 2. The van der Waals surface area contributed by atoms with E-state index in [-0.39, 0.29) is 54.6 Å². The molecule has 0 aliphatic heterocycles. The van der Waals surface area contributed by atoms with Gasteiger partial charge in [-0.1, -0.05) is 36.4 Å². The summed E-state index contributed by atoms with van der Waals surface area (Å²) in [7, 11) is 0. The molecule has 1 aromatic heterocycles. The van der Waals surface area contributed by atoms with Crippen molar-refractivity contribution >= 4 is 64.1 Å². The van der Waals surface area contributed by atoms with Crippen LogP contribution >= 0.6 is 23.7 Å². The maximum Gasteiger partial charge on any atom is 0.335 e. The zero-order valence-electron chi connectivity index (χ0n) is 32.1. The summed E-state index contributed by atoms with van der Waals surface area (Å²) in [6, 6.07) is 22.2. The molecule has 298 valence electrons. The second-order valence-corrected chi connectivity index (χ2v) is 15.3. The summed E-state index contributed by atoms with van der Waals surface area (Å²) in [5.41, 5.74) is 5.98. The van der Waals surface area contributed by atoms with E-state index in [0.717, 1.165) is 65.7 Å². The summed E-state index contributed by atoms with van der Waals surface area (Å²) in [6.07, 6.45) is 4.96. The molecule has 1 heterocycles. The van der Waals surface area contributed by atoms with Gasteiger partial charge in [0.1, 0.15) is 5.00 Å². The minimum atomic E-state index is -0.991. The van der Waals surface area contributed by atoms with Crippen LogP contribution < -0.4 is 10.6 Å². The number of carbonyl (C=O) groups excluding carboxylic acids is 3. The second-order valence-electron chi connectivity index (χ2n) is 14.2. The minimum Gasteiger partial charge on any atom is -0.481 e. The molecule has 0 spiro atoms. The Balaban J connectivity index is 0.00000696. The molecule has 4 aromatic rings. The van der Waals surface area contributed by atoms with Gasteiger partial charge in [0.25, 0.3) is 11.8 Å². The molecule has 0 radical (unpaired) electrons. The first-order valence-electron chi connectivity index (χ1n) is 18.9. The van der Waals surface area contributed by atoms with Gasteiger partial charge >= 0.3 is 11.9 Å². The highest BCUT2D eigenvalue weighted by Gasteiger charge is 2.27. The maximum atomic E-state index is 13.9. The number of benzene rings is 3. The summed E-state index contributed by atoms with van der Waals surface area (Å²) in [4.78, 5) is 67.3. The van der Waals surface area contributed by atoms with Crippen LogP contribution in [-0.4, -0.2) is 75.3 Å². The fraction of sp³-hybridized carbons (Fsp3) is 0.372. The summed E-state index contributed by atoms with van der Waals surface area (Å²) in [5, 5.41) is 24.8. The van der Waals surface area contributed by atoms with E-state index < -0.39 is 11.9 Å². The van der Waals surface area contributed by atoms with Crippen molar-refractivity contribution in [2.75, 3.05) is 30.3 Å². The second kappa shape index (κ2) is 20.8. The van der Waals surface area contributed by atoms with Gasteiger partial charge in [0.15, 0.2) is 0 Å². The van der Waals surface area contributed by atoms with E-state index in [4.69, 9.17) is 10.2 Å². The number of halogens is 1. The van der Waals surface area contributed by atoms with Crippen LogP contribution in [0.15, 0.2) is 72.8 Å². The Morgan fingerprint density at radius 1 is 0.768 bits per heavy atom. The molecule has 5 rings (SSSR count). The Morgan fingerprint density at radius 3 is 2.05 bits per heavy atom. The zero-order chi connectivity index (χ0) is 39.5. The van der Waals surface area contributed by atoms with E-state index in [1.807, 2.05) is 61.5 Å². The molecule has 0 saturated carbocycles. The number of amides is 3. The largest absolute Gasteiger partial charge is 0.481 e. The van der Waals surface area contributed by atoms with Crippen LogP contribution in [0, 0.1) is 0 Å². The number of aryl methyl sites for hydroxylation is 3. The molecule has 56 heavy (non-hydrogen) atoms. The molecule has 0 fully saturated rings. The van der Waals surface area contributed by atoms with Gasteiger partial charge < -0.3 is 25.7 Å². The topological polar surface area (TPSA) is 156 Å². The molecule has 3 amide bonds. The average molecular weight is 803 g/mol. The van der Waals surface area contributed by atoms with Crippen molar-refractivity contribution in [2.45, 2.75) is 84.7 Å². The number of carbonyl (C=O) groups is 5. The van der Waals surface area contributed by atoms with Crippen LogP contribution in [0.4, 0.5) is 10.7 Å². The number of fused-ring (bicyclic) bond motifs is 1. The fourth-order valence-electron chi connectivity index (χ4n) is 6.77. The molecule has 0 atom stereocenters. The van der Waals surface area contributed by atoms with Gasteiger partial charge in [-0.3, -0.25) is 24.1 Å². The number of hydrogen-bond donors (Lipinski definition) is 4. The van der Waals surface area contributed by atoms with E-state index in [1.165, 1.54) is 11.3 Å². The number of anilines is 2. The van der Waals surface area contributed by atoms with Crippen molar-refractivity contribution in [1.82, 2.24) is 9.80 Å². The maximum absolute atomic E-state index is 13.9. The molecular formula is C43H51ClN4O7S. The first-order valence-corrected chi connectivity index (χ1v) is 19.7. The molecular weight excluding hydrogens is 752 g/mol. The van der Waals surface area contributed by atoms with Crippen LogP contribution in [-0.2, 0) is 41.8 Å². The van der Waals surface area contributed by atoms with Gasteiger partial charge in [-0.2, -0.15) is 0 Å². The minimum absolute atomic E-state index is 0. The van der Waals surface area contributed by atoms with Crippen molar-refractivity contribution < 1.29 is 34.2 Å². The van der Waals surface area contributed by atoms with Crippen molar-refractivity contribution in [1.29, 1.82) is 0 Å². The number of rotatable bonds is 18. The van der Waals surface area contributed by atoms with Gasteiger partial charge in [-0.25, -0.2) is 4.79 Å². The number of likely N-dealkylation sites (N-methyl/N-ethyl adjacent to an activating group) is 1. The van der Waals surface area contributed by atoms with Gasteiger partial charge in [-0.05, 0) is 118 Å². The van der Waals surface area contributed by atoms with Crippen LogP contribution in [0.2, 0.25) is 0 Å². The van der Waals surface area contributed by atoms with Gasteiger partial charge in [0, 0.05) is 54.8 Å². The van der Waals surface area contributed by atoms with Gasteiger partial charge in [-0.15, -0.1) is 23.7 Å². The van der Waals surface area contributed by atoms with Crippen molar-refractivity contribution in [3.05, 3.63) is 117 Å². The summed E-state index contributed by atoms with van der Waals surface area (Å²) < 4.78 is 0. The standard InChI is InChI=1S/C43H50N4O7S.ClH/c1-4-46(37(48)22-23-38(49)50)24-25-47(28(2)3)27-31-8-7-9-33(26-31)40(51)45-42-39(35-10-5-6-11-36(35)55-42)41(52)44-34-20-16-30(17-21-34)13-12-29-14-18-32(19-15-29)43(53)54;/h7-9,14-21,26,28H,4-6,10-13,22-25,27H2,1-3H3,(H,44,52)(H,45,51)(H,49,50)(H,53,54);1H. The van der Waals surface area contributed by atoms with Crippen LogP contribution in [0.5, 0.6) is 0 Å².